The van der Waals surface area contributed by atoms with Crippen molar-refractivity contribution in [2.45, 2.75) is 25.2 Å². The van der Waals surface area contributed by atoms with Gasteiger partial charge in [-0.25, -0.2) is 17.5 Å². The van der Waals surface area contributed by atoms with Gasteiger partial charge in [-0.15, -0.1) is 0 Å². The summed E-state index contributed by atoms with van der Waals surface area (Å²) >= 11 is 0. The Kier molecular flexibility index (Phi) is 6.88. The molecular weight excluding hydrogens is 355 g/mol. The standard InChI is InChI=1S/C19H23FN2O3S/c1-14(2)13-22-26(24,25)18-9-5-16(6-10-18)19(23)21-12-11-15-3-7-17(20)8-4-15/h3-10,14,22H,11-13H2,1-2H3,(H,21,23). The third kappa shape index (κ3) is 5.93. The summed E-state index contributed by atoms with van der Waals surface area (Å²) in [4.78, 5) is 12.3. The van der Waals surface area contributed by atoms with Crippen LogP contribution in [0.3, 0.4) is 0 Å². The van der Waals surface area contributed by atoms with Crippen molar-refractivity contribution in [3.63, 3.8) is 0 Å². The van der Waals surface area contributed by atoms with Crippen molar-refractivity contribution in [3.05, 3.63) is 65.5 Å². The molecular formula is C19H23FN2O3S. The van der Waals surface area contributed by atoms with Gasteiger partial charge in [0.2, 0.25) is 10.0 Å². The highest BCUT2D eigenvalue weighted by molar-refractivity contribution is 7.89. The third-order valence-corrected chi connectivity index (χ3v) is 5.16. The van der Waals surface area contributed by atoms with Gasteiger partial charge in [-0.3, -0.25) is 4.79 Å². The van der Waals surface area contributed by atoms with Crippen LogP contribution in [-0.2, 0) is 16.4 Å². The van der Waals surface area contributed by atoms with Crippen molar-refractivity contribution in [1.82, 2.24) is 10.0 Å². The van der Waals surface area contributed by atoms with Gasteiger partial charge in [-0.05, 0) is 54.3 Å². The highest BCUT2D eigenvalue weighted by Crippen LogP contribution is 2.11. The Labute approximate surface area is 153 Å². The van der Waals surface area contributed by atoms with Crippen LogP contribution in [0.5, 0.6) is 0 Å². The second kappa shape index (κ2) is 8.91. The van der Waals surface area contributed by atoms with Gasteiger partial charge in [-0.2, -0.15) is 0 Å². The minimum absolute atomic E-state index is 0.126. The largest absolute Gasteiger partial charge is 0.352 e. The van der Waals surface area contributed by atoms with Gasteiger partial charge >= 0.3 is 0 Å². The van der Waals surface area contributed by atoms with Crippen LogP contribution in [0.1, 0.15) is 29.8 Å². The molecule has 0 fully saturated rings. The van der Waals surface area contributed by atoms with E-state index in [9.17, 15) is 17.6 Å². The Morgan fingerprint density at radius 1 is 1.04 bits per heavy atom. The Morgan fingerprint density at radius 3 is 2.23 bits per heavy atom. The molecule has 2 N–H and O–H groups in total. The average molecular weight is 378 g/mol. The minimum Gasteiger partial charge on any atom is -0.352 e. The molecule has 1 amide bonds. The molecule has 0 spiro atoms. The van der Waals surface area contributed by atoms with Crippen LogP contribution in [0.4, 0.5) is 4.39 Å². The minimum atomic E-state index is -3.57. The van der Waals surface area contributed by atoms with Gasteiger partial charge in [0, 0.05) is 18.7 Å². The molecule has 2 aromatic rings. The summed E-state index contributed by atoms with van der Waals surface area (Å²) in [6, 6.07) is 11.9. The molecule has 0 atom stereocenters. The molecule has 26 heavy (non-hydrogen) atoms. The lowest BCUT2D eigenvalue weighted by molar-refractivity contribution is 0.0954. The van der Waals surface area contributed by atoms with Gasteiger partial charge in [-0.1, -0.05) is 26.0 Å². The normalized spacial score (nSPS) is 11.5. The summed E-state index contributed by atoms with van der Waals surface area (Å²) in [5, 5.41) is 2.76. The Bertz CT molecular complexity index is 832. The number of benzene rings is 2. The fourth-order valence-corrected chi connectivity index (χ4v) is 3.43. The quantitative estimate of drug-likeness (QED) is 0.742. The zero-order valence-electron chi connectivity index (χ0n) is 14.8. The smallest absolute Gasteiger partial charge is 0.251 e. The van der Waals surface area contributed by atoms with Crippen molar-refractivity contribution >= 4 is 15.9 Å². The lowest BCUT2D eigenvalue weighted by atomic mass is 10.1. The molecule has 5 nitrogen and oxygen atoms in total. The number of carbonyl (C=O) groups excluding carboxylic acids is 1. The molecule has 2 aromatic carbocycles. The van der Waals surface area contributed by atoms with Crippen LogP contribution in [-0.4, -0.2) is 27.4 Å². The monoisotopic (exact) mass is 378 g/mol. The van der Waals surface area contributed by atoms with E-state index in [1.807, 2.05) is 13.8 Å². The molecule has 0 saturated heterocycles. The number of halogens is 1. The predicted octanol–water partition coefficient (Wildman–Crippen LogP) is 2.73. The summed E-state index contributed by atoms with van der Waals surface area (Å²) in [5.74, 6) is -0.377. The zero-order valence-corrected chi connectivity index (χ0v) is 15.6. The van der Waals surface area contributed by atoms with Crippen molar-refractivity contribution in [1.29, 1.82) is 0 Å². The number of amides is 1. The summed E-state index contributed by atoms with van der Waals surface area (Å²) in [7, 11) is -3.57. The summed E-state index contributed by atoms with van der Waals surface area (Å²) < 4.78 is 39.6. The maximum absolute atomic E-state index is 12.8. The number of rotatable bonds is 8. The summed E-state index contributed by atoms with van der Waals surface area (Å²) in [6.07, 6.45) is 0.581. The lowest BCUT2D eigenvalue weighted by Crippen LogP contribution is -2.28. The maximum atomic E-state index is 12.8. The number of carbonyl (C=O) groups is 1. The van der Waals surface area contributed by atoms with Crippen LogP contribution in [0.2, 0.25) is 0 Å². The number of hydrogen-bond acceptors (Lipinski definition) is 3. The van der Waals surface area contributed by atoms with Crippen LogP contribution in [0, 0.1) is 11.7 Å². The first kappa shape index (κ1) is 20.1. The molecule has 2 rings (SSSR count). The van der Waals surface area contributed by atoms with E-state index >= 15 is 0 Å². The summed E-state index contributed by atoms with van der Waals surface area (Å²) in [6.45, 7) is 4.60. The van der Waals surface area contributed by atoms with Crippen molar-refractivity contribution in [2.24, 2.45) is 5.92 Å². The molecule has 7 heteroatoms. The van der Waals surface area contributed by atoms with E-state index in [0.717, 1.165) is 5.56 Å². The van der Waals surface area contributed by atoms with Crippen molar-refractivity contribution < 1.29 is 17.6 Å². The fraction of sp³-hybridized carbons (Fsp3) is 0.316. The molecule has 140 valence electrons. The molecule has 0 aliphatic heterocycles. The van der Waals surface area contributed by atoms with Gasteiger partial charge in [0.05, 0.1) is 4.90 Å². The van der Waals surface area contributed by atoms with Crippen LogP contribution in [0.25, 0.3) is 0 Å². The van der Waals surface area contributed by atoms with Gasteiger partial charge < -0.3 is 5.32 Å². The van der Waals surface area contributed by atoms with Gasteiger partial charge in [0.15, 0.2) is 0 Å². The first-order chi connectivity index (χ1) is 12.3. The molecule has 0 bridgehead atoms. The fourth-order valence-electron chi connectivity index (χ4n) is 2.22. The molecule has 0 aromatic heterocycles. The van der Waals surface area contributed by atoms with Crippen molar-refractivity contribution in [2.75, 3.05) is 13.1 Å². The lowest BCUT2D eigenvalue weighted by Gasteiger charge is -2.10. The predicted molar refractivity (Wildman–Crippen MR) is 98.9 cm³/mol. The van der Waals surface area contributed by atoms with E-state index in [0.29, 0.717) is 25.1 Å². The molecule has 0 heterocycles. The Hall–Kier alpha value is -2.25. The Morgan fingerprint density at radius 2 is 1.65 bits per heavy atom. The average Bonchev–Trinajstić information content (AvgIpc) is 2.62. The Balaban J connectivity index is 1.90. The third-order valence-electron chi connectivity index (χ3n) is 3.72. The second-order valence-electron chi connectivity index (χ2n) is 6.40. The molecule has 0 aliphatic rings. The number of sulfonamides is 1. The van der Waals surface area contributed by atoms with E-state index in [2.05, 4.69) is 10.0 Å². The van der Waals surface area contributed by atoms with Crippen LogP contribution in [0.15, 0.2) is 53.4 Å². The molecule has 0 radical (unpaired) electrons. The van der Waals surface area contributed by atoms with Crippen LogP contribution >= 0.6 is 0 Å². The van der Waals surface area contributed by atoms with Gasteiger partial charge in [0.1, 0.15) is 5.82 Å². The molecule has 0 unspecified atom stereocenters. The highest BCUT2D eigenvalue weighted by Gasteiger charge is 2.15. The summed E-state index contributed by atoms with van der Waals surface area (Å²) in [5.41, 5.74) is 1.30. The first-order valence-electron chi connectivity index (χ1n) is 8.40. The SMILES string of the molecule is CC(C)CNS(=O)(=O)c1ccc(C(=O)NCCc2ccc(F)cc2)cc1. The molecule has 0 aliphatic carbocycles. The van der Waals surface area contributed by atoms with E-state index in [-0.39, 0.29) is 22.5 Å². The second-order valence-corrected chi connectivity index (χ2v) is 8.17. The van der Waals surface area contributed by atoms with Crippen molar-refractivity contribution in [3.8, 4) is 0 Å². The van der Waals surface area contributed by atoms with E-state index in [1.165, 1.54) is 36.4 Å². The number of nitrogens with one attached hydrogen (secondary N) is 2. The maximum Gasteiger partial charge on any atom is 0.251 e. The van der Waals surface area contributed by atoms with Gasteiger partial charge in [0.25, 0.3) is 5.91 Å². The topological polar surface area (TPSA) is 75.3 Å². The molecule has 0 saturated carbocycles. The zero-order chi connectivity index (χ0) is 19.2. The number of hydrogen-bond donors (Lipinski definition) is 2. The highest BCUT2D eigenvalue weighted by atomic mass is 32.2. The van der Waals surface area contributed by atoms with E-state index in [4.69, 9.17) is 0 Å². The first-order valence-corrected chi connectivity index (χ1v) is 9.88. The van der Waals surface area contributed by atoms with E-state index in [1.54, 1.807) is 12.1 Å². The van der Waals surface area contributed by atoms with Crippen LogP contribution < -0.4 is 10.0 Å². The van der Waals surface area contributed by atoms with E-state index < -0.39 is 10.0 Å².